The van der Waals surface area contributed by atoms with Gasteiger partial charge in [0.05, 0.1) is 17.9 Å². The molecule has 0 fully saturated rings. The molecule has 2 rings (SSSR count). The second-order valence-corrected chi connectivity index (χ2v) is 4.36. The van der Waals surface area contributed by atoms with Crippen LogP contribution in [0.25, 0.3) is 0 Å². The number of aromatic nitrogens is 2. The van der Waals surface area contributed by atoms with E-state index < -0.39 is 0 Å². The third-order valence-corrected chi connectivity index (χ3v) is 3.13. The third-order valence-electron chi connectivity index (χ3n) is 2.65. The topological polar surface area (TPSA) is 84.0 Å². The average molecular weight is 276 g/mol. The van der Waals surface area contributed by atoms with Crippen LogP contribution in [0.5, 0.6) is 0 Å². The minimum absolute atomic E-state index is 0.191. The van der Waals surface area contributed by atoms with Crippen LogP contribution in [-0.2, 0) is 0 Å². The highest BCUT2D eigenvalue weighted by Gasteiger charge is 2.14. The zero-order valence-corrected chi connectivity index (χ0v) is 11.2. The van der Waals surface area contributed by atoms with Crippen molar-refractivity contribution in [3.63, 3.8) is 0 Å². The molecule has 7 heteroatoms. The first-order chi connectivity index (χ1) is 9.13. The molecule has 6 nitrogen and oxygen atoms in total. The van der Waals surface area contributed by atoms with Crippen LogP contribution < -0.4 is 10.6 Å². The summed E-state index contributed by atoms with van der Waals surface area (Å²) < 4.78 is 7.63. The van der Waals surface area contributed by atoms with Gasteiger partial charge in [-0.2, -0.15) is 8.75 Å². The minimum atomic E-state index is -0.342. The summed E-state index contributed by atoms with van der Waals surface area (Å²) in [5.74, 6) is -0.533. The van der Waals surface area contributed by atoms with Gasteiger partial charge in [0, 0.05) is 18.3 Å². The fraction of sp³-hybridized carbons (Fsp3) is 0.167. The van der Waals surface area contributed by atoms with Gasteiger partial charge in [-0.25, -0.2) is 0 Å². The molecule has 0 spiro atoms. The molecule has 0 aliphatic carbocycles. The Kier molecular flexibility index (Phi) is 3.86. The van der Waals surface area contributed by atoms with E-state index in [9.17, 15) is 9.59 Å². The van der Waals surface area contributed by atoms with Crippen LogP contribution in [0, 0.1) is 6.92 Å². The van der Waals surface area contributed by atoms with Crippen molar-refractivity contribution in [1.82, 2.24) is 14.1 Å². The van der Waals surface area contributed by atoms with Crippen molar-refractivity contribution in [2.75, 3.05) is 12.4 Å². The van der Waals surface area contributed by atoms with Crippen molar-refractivity contribution in [1.29, 1.82) is 0 Å². The zero-order chi connectivity index (χ0) is 13.8. The van der Waals surface area contributed by atoms with Crippen molar-refractivity contribution in [2.24, 2.45) is 0 Å². The molecular formula is C12H12N4O2S. The van der Waals surface area contributed by atoms with E-state index in [-0.39, 0.29) is 17.5 Å². The van der Waals surface area contributed by atoms with Crippen LogP contribution in [0.4, 0.5) is 5.69 Å². The first-order valence-corrected chi connectivity index (χ1v) is 6.27. The molecule has 1 aromatic heterocycles. The highest BCUT2D eigenvalue weighted by Crippen LogP contribution is 2.19. The van der Waals surface area contributed by atoms with Gasteiger partial charge >= 0.3 is 0 Å². The minimum Gasteiger partial charge on any atom is -0.355 e. The van der Waals surface area contributed by atoms with Crippen LogP contribution in [0.3, 0.4) is 0 Å². The molecular weight excluding hydrogens is 264 g/mol. The summed E-state index contributed by atoms with van der Waals surface area (Å²) in [6.07, 6.45) is 1.40. The average Bonchev–Trinajstić information content (AvgIpc) is 2.94. The Morgan fingerprint density at radius 3 is 2.68 bits per heavy atom. The highest BCUT2D eigenvalue weighted by atomic mass is 32.1. The van der Waals surface area contributed by atoms with Crippen molar-refractivity contribution in [3.05, 3.63) is 41.2 Å². The molecule has 1 aromatic carbocycles. The normalized spacial score (nSPS) is 10.0. The molecule has 0 radical (unpaired) electrons. The van der Waals surface area contributed by atoms with E-state index in [2.05, 4.69) is 19.4 Å². The Labute approximate surface area is 114 Å². The maximum Gasteiger partial charge on any atom is 0.277 e. The highest BCUT2D eigenvalue weighted by molar-refractivity contribution is 6.99. The zero-order valence-electron chi connectivity index (χ0n) is 10.4. The Hall–Kier alpha value is -2.28. The first-order valence-electron chi connectivity index (χ1n) is 5.54. The van der Waals surface area contributed by atoms with Crippen molar-refractivity contribution < 1.29 is 9.59 Å². The number of amides is 2. The largest absolute Gasteiger partial charge is 0.355 e. The van der Waals surface area contributed by atoms with Crippen LogP contribution in [0.15, 0.2) is 24.4 Å². The van der Waals surface area contributed by atoms with E-state index in [0.717, 1.165) is 11.7 Å². The summed E-state index contributed by atoms with van der Waals surface area (Å²) in [5.41, 5.74) is 2.07. The molecule has 98 valence electrons. The molecule has 0 saturated carbocycles. The van der Waals surface area contributed by atoms with Gasteiger partial charge in [-0.15, -0.1) is 0 Å². The maximum atomic E-state index is 11.9. The molecule has 2 aromatic rings. The quantitative estimate of drug-likeness (QED) is 0.889. The van der Waals surface area contributed by atoms with Gasteiger partial charge in [-0.3, -0.25) is 9.59 Å². The number of hydrogen-bond donors (Lipinski definition) is 2. The van der Waals surface area contributed by atoms with E-state index in [0.29, 0.717) is 16.8 Å². The molecule has 2 N–H and O–H groups in total. The number of hydrogen-bond acceptors (Lipinski definition) is 5. The fourth-order valence-electron chi connectivity index (χ4n) is 1.60. The number of carbonyl (C=O) groups is 2. The Morgan fingerprint density at radius 1 is 1.26 bits per heavy atom. The monoisotopic (exact) mass is 276 g/mol. The second kappa shape index (κ2) is 5.57. The summed E-state index contributed by atoms with van der Waals surface area (Å²) >= 11 is 0.969. The van der Waals surface area contributed by atoms with Gasteiger partial charge in [-0.1, -0.05) is 6.07 Å². The van der Waals surface area contributed by atoms with Gasteiger partial charge in [0.1, 0.15) is 0 Å². The van der Waals surface area contributed by atoms with Gasteiger partial charge in [0.15, 0.2) is 5.69 Å². The van der Waals surface area contributed by atoms with Gasteiger partial charge in [-0.05, 0) is 24.6 Å². The summed E-state index contributed by atoms with van der Waals surface area (Å²) in [7, 11) is 1.56. The molecule has 0 aliphatic rings. The van der Waals surface area contributed by atoms with E-state index in [1.165, 1.54) is 6.20 Å². The Balaban J connectivity index is 2.26. The molecule has 0 atom stereocenters. The van der Waals surface area contributed by atoms with Crippen LogP contribution in [0.1, 0.15) is 26.4 Å². The summed E-state index contributed by atoms with van der Waals surface area (Å²) in [6, 6.07) is 5.15. The molecule has 1 heterocycles. The summed E-state index contributed by atoms with van der Waals surface area (Å²) in [4.78, 5) is 23.5. The number of anilines is 1. The number of rotatable bonds is 3. The van der Waals surface area contributed by atoms with Crippen LogP contribution in [-0.4, -0.2) is 27.6 Å². The van der Waals surface area contributed by atoms with Gasteiger partial charge < -0.3 is 10.6 Å². The van der Waals surface area contributed by atoms with Crippen LogP contribution in [0.2, 0.25) is 0 Å². The number of benzene rings is 1. The van der Waals surface area contributed by atoms with Gasteiger partial charge in [0.2, 0.25) is 0 Å². The summed E-state index contributed by atoms with van der Waals surface area (Å²) in [6.45, 7) is 1.78. The Morgan fingerprint density at radius 2 is 2.05 bits per heavy atom. The third kappa shape index (κ3) is 2.76. The molecule has 19 heavy (non-hydrogen) atoms. The standard InChI is InChI=1S/C12H12N4O2S/c1-7-8(11(17)13-2)4-3-5-9(7)15-12(18)10-6-14-19-16-10/h3-6H,1-2H3,(H,13,17)(H,15,18). The molecule has 0 aliphatic heterocycles. The predicted octanol–water partition coefficient (Wildman–Crippen LogP) is 1.46. The lowest BCUT2D eigenvalue weighted by atomic mass is 10.1. The predicted molar refractivity (Wildman–Crippen MR) is 72.4 cm³/mol. The molecule has 2 amide bonds. The first kappa shape index (κ1) is 13.2. The second-order valence-electron chi connectivity index (χ2n) is 3.80. The van der Waals surface area contributed by atoms with Crippen LogP contribution >= 0.6 is 11.7 Å². The maximum absolute atomic E-state index is 11.9. The van der Waals surface area contributed by atoms with Gasteiger partial charge in [0.25, 0.3) is 11.8 Å². The van der Waals surface area contributed by atoms with E-state index in [1.54, 1.807) is 32.2 Å². The van der Waals surface area contributed by atoms with Crippen molar-refractivity contribution >= 4 is 29.2 Å². The molecule has 0 bridgehead atoms. The van der Waals surface area contributed by atoms with E-state index in [4.69, 9.17) is 0 Å². The number of carbonyl (C=O) groups excluding carboxylic acids is 2. The fourth-order valence-corrected chi connectivity index (χ4v) is 2.01. The van der Waals surface area contributed by atoms with Crippen molar-refractivity contribution in [3.8, 4) is 0 Å². The Bertz CT molecular complexity index is 610. The SMILES string of the molecule is CNC(=O)c1cccc(NC(=O)c2cnsn2)c1C. The lowest BCUT2D eigenvalue weighted by Gasteiger charge is -2.10. The summed E-state index contributed by atoms with van der Waals surface area (Å²) in [5, 5.41) is 5.28. The molecule has 0 saturated heterocycles. The lowest BCUT2D eigenvalue weighted by Crippen LogP contribution is -2.20. The van der Waals surface area contributed by atoms with Crippen molar-refractivity contribution in [2.45, 2.75) is 6.92 Å². The van der Waals surface area contributed by atoms with E-state index in [1.807, 2.05) is 0 Å². The number of nitrogens with zero attached hydrogens (tertiary/aromatic N) is 2. The van der Waals surface area contributed by atoms with E-state index >= 15 is 0 Å². The smallest absolute Gasteiger partial charge is 0.277 e. The number of nitrogens with one attached hydrogen (secondary N) is 2. The lowest BCUT2D eigenvalue weighted by molar-refractivity contribution is 0.0960. The molecule has 0 unspecified atom stereocenters.